The second-order valence-corrected chi connectivity index (χ2v) is 16.2. The van der Waals surface area contributed by atoms with Gasteiger partial charge in [-0.3, -0.25) is 0 Å². The van der Waals surface area contributed by atoms with Gasteiger partial charge in [-0.15, -0.1) is 0 Å². The summed E-state index contributed by atoms with van der Waals surface area (Å²) in [6.07, 6.45) is -8.95. The zero-order valence-corrected chi connectivity index (χ0v) is 28.5. The van der Waals surface area contributed by atoms with E-state index in [1.54, 1.807) is 6.08 Å². The third-order valence-electron chi connectivity index (χ3n) is 14.1. The van der Waals surface area contributed by atoms with Crippen molar-refractivity contribution in [2.24, 2.45) is 28.6 Å². The lowest BCUT2D eigenvalue weighted by Crippen LogP contribution is -2.69. The molecule has 0 radical (unpaired) electrons. The first kappa shape index (κ1) is 36.7. The molecule has 2 saturated heterocycles. The first-order valence-electron chi connectivity index (χ1n) is 18.0. The number of cyclic esters (lactones) is 1. The summed E-state index contributed by atoms with van der Waals surface area (Å²) < 4.78 is 28.5. The number of aldehydes is 1. The zero-order chi connectivity index (χ0) is 36.0. The van der Waals surface area contributed by atoms with E-state index in [-0.39, 0.29) is 49.6 Å². The average Bonchev–Trinajstić information content (AvgIpc) is 3.64. The quantitative estimate of drug-likeness (QED) is 0.0858. The van der Waals surface area contributed by atoms with Gasteiger partial charge in [0.05, 0.1) is 35.4 Å². The summed E-state index contributed by atoms with van der Waals surface area (Å²) in [7, 11) is 0. The highest BCUT2D eigenvalue weighted by Crippen LogP contribution is 2.70. The van der Waals surface area contributed by atoms with E-state index in [4.69, 9.17) is 23.7 Å². The molecule has 0 unspecified atom stereocenters. The molecule has 7 aliphatic rings. The Labute approximate surface area is 290 Å². The number of rotatable bonds is 7. The third-order valence-corrected chi connectivity index (χ3v) is 14.1. The summed E-state index contributed by atoms with van der Waals surface area (Å²) in [4.78, 5) is 25.1. The molecular formula is C35H52O15. The van der Waals surface area contributed by atoms with Crippen molar-refractivity contribution in [2.45, 2.75) is 150 Å². The van der Waals surface area contributed by atoms with Crippen molar-refractivity contribution in [1.29, 1.82) is 0 Å². The molecule has 50 heavy (non-hydrogen) atoms. The molecular weight excluding hydrogens is 660 g/mol. The molecule has 0 amide bonds. The smallest absolute Gasteiger partial charge is 0.331 e. The minimum atomic E-state index is -1.76. The van der Waals surface area contributed by atoms with Crippen LogP contribution in [0.25, 0.3) is 0 Å². The molecule has 282 valence electrons. The van der Waals surface area contributed by atoms with Crippen molar-refractivity contribution in [3.8, 4) is 0 Å². The fourth-order valence-electron chi connectivity index (χ4n) is 11.2. The van der Waals surface area contributed by atoms with Gasteiger partial charge in [-0.05, 0) is 81.6 Å². The van der Waals surface area contributed by atoms with Crippen LogP contribution in [0.4, 0.5) is 0 Å². The van der Waals surface area contributed by atoms with E-state index in [1.165, 1.54) is 6.92 Å². The number of esters is 1. The van der Waals surface area contributed by atoms with Crippen LogP contribution in [0.2, 0.25) is 0 Å². The molecule has 0 aromatic carbocycles. The molecule has 0 spiro atoms. The Hall–Kier alpha value is -1.60. The summed E-state index contributed by atoms with van der Waals surface area (Å²) in [5.41, 5.74) is -3.24. The van der Waals surface area contributed by atoms with Crippen molar-refractivity contribution < 1.29 is 74.1 Å². The van der Waals surface area contributed by atoms with Crippen molar-refractivity contribution in [3.05, 3.63) is 11.6 Å². The van der Waals surface area contributed by atoms with E-state index >= 15 is 0 Å². The van der Waals surface area contributed by atoms with Gasteiger partial charge in [0.25, 0.3) is 0 Å². The fraction of sp³-hybridized carbons (Fsp3) is 0.886. The molecule has 4 saturated carbocycles. The second kappa shape index (κ2) is 13.1. The maximum atomic E-state index is 13.2. The van der Waals surface area contributed by atoms with Crippen LogP contribution in [0.5, 0.6) is 0 Å². The van der Waals surface area contributed by atoms with E-state index in [2.05, 4.69) is 6.92 Å². The van der Waals surface area contributed by atoms with E-state index < -0.39 is 96.2 Å². The summed E-state index contributed by atoms with van der Waals surface area (Å²) in [6, 6.07) is 0. The van der Waals surface area contributed by atoms with Crippen LogP contribution in [0.15, 0.2) is 11.6 Å². The van der Waals surface area contributed by atoms with Crippen molar-refractivity contribution >= 4 is 12.3 Å². The highest BCUT2D eigenvalue weighted by molar-refractivity contribution is 5.85. The van der Waals surface area contributed by atoms with Gasteiger partial charge in [0.2, 0.25) is 0 Å². The Kier molecular flexibility index (Phi) is 9.60. The van der Waals surface area contributed by atoms with Crippen LogP contribution in [-0.2, 0) is 33.3 Å². The maximum Gasteiger partial charge on any atom is 0.331 e. The molecule has 15 nitrogen and oxygen atoms in total. The summed E-state index contributed by atoms with van der Waals surface area (Å²) in [6.45, 7) is 3.17. The third kappa shape index (κ3) is 5.37. The number of hydrogen-bond acceptors (Lipinski definition) is 15. The van der Waals surface area contributed by atoms with Gasteiger partial charge in [0.15, 0.2) is 12.6 Å². The minimum Gasteiger partial charge on any atom is -0.458 e. The molecule has 7 rings (SSSR count). The Morgan fingerprint density at radius 3 is 2.26 bits per heavy atom. The van der Waals surface area contributed by atoms with Crippen LogP contribution in [-0.4, -0.2) is 145 Å². The lowest BCUT2D eigenvalue weighted by atomic mass is 9.41. The topological polar surface area (TPSA) is 242 Å². The number of carbonyl (C=O) groups is 2. The van der Waals surface area contributed by atoms with Gasteiger partial charge in [-0.2, -0.15) is 0 Å². The first-order valence-corrected chi connectivity index (χ1v) is 18.0. The van der Waals surface area contributed by atoms with E-state index in [9.17, 15) is 50.4 Å². The predicted molar refractivity (Wildman–Crippen MR) is 167 cm³/mol. The van der Waals surface area contributed by atoms with Gasteiger partial charge < -0.3 is 69.3 Å². The molecule has 0 bridgehead atoms. The SMILES string of the molecule is C[C@H]1O[C@@H](O[C@H]2CC[C@]3(C=O)[C@H]4CC[C@]5(C)[C@@H](C6=CC(=O)OC6)CC[C@]5(O)[C@@H]4CC[C@]3(O)C2)[C@@H](O)[C@@H](O[C@@H]2O[C@H](CO)[C@@H](O)[C@H](O)[C@H]2O)[C@H]1O. The lowest BCUT2D eigenvalue weighted by molar-refractivity contribution is -0.363. The molecule has 0 aromatic heterocycles. The standard InChI is InChI=1S/C35H52O15/c1-16-24(39)29(50-30-27(42)26(41)25(40)22(13-36)49-30)28(43)31(47-16)48-18-3-8-33(15-37)20-4-7-32(2)19(17-11-23(38)46-14-17)6-10-35(32,45)21(20)5-9-34(33,44)12-18/h11,15-16,18-22,24-31,36,39-45H,3-10,12-14H2,1-2H3/t16-,18+,19-,20+,21-,22-,24+,25-,26+,27-,28+,29+,30+,31+,32-,33+,34+,35+/m1/s1. The Bertz CT molecular complexity index is 1340. The largest absolute Gasteiger partial charge is 0.458 e. The molecule has 4 aliphatic carbocycles. The number of fused-ring (bicyclic) bond motifs is 5. The number of hydrogen-bond donors (Lipinski definition) is 8. The first-order chi connectivity index (χ1) is 23.6. The number of aliphatic hydroxyl groups is 8. The summed E-state index contributed by atoms with van der Waals surface area (Å²) >= 11 is 0. The normalized spacial score (nSPS) is 55.0. The van der Waals surface area contributed by atoms with E-state index in [0.717, 1.165) is 11.9 Å². The van der Waals surface area contributed by atoms with Crippen LogP contribution in [0.3, 0.4) is 0 Å². The summed E-state index contributed by atoms with van der Waals surface area (Å²) in [5.74, 6) is -0.856. The van der Waals surface area contributed by atoms with Crippen molar-refractivity contribution in [2.75, 3.05) is 13.2 Å². The Balaban J connectivity index is 1.05. The van der Waals surface area contributed by atoms with Crippen LogP contribution < -0.4 is 0 Å². The molecule has 8 N–H and O–H groups in total. The second-order valence-electron chi connectivity index (χ2n) is 16.2. The van der Waals surface area contributed by atoms with Gasteiger partial charge in [-0.1, -0.05) is 6.92 Å². The van der Waals surface area contributed by atoms with Gasteiger partial charge >= 0.3 is 5.97 Å². The Morgan fingerprint density at radius 1 is 0.860 bits per heavy atom. The van der Waals surface area contributed by atoms with E-state index in [0.29, 0.717) is 38.5 Å². The monoisotopic (exact) mass is 712 g/mol. The molecule has 6 fully saturated rings. The lowest BCUT2D eigenvalue weighted by Gasteiger charge is -2.65. The van der Waals surface area contributed by atoms with Crippen molar-refractivity contribution in [3.63, 3.8) is 0 Å². The van der Waals surface area contributed by atoms with Gasteiger partial charge in [0.1, 0.15) is 55.6 Å². The van der Waals surface area contributed by atoms with Gasteiger partial charge in [-0.25, -0.2) is 4.79 Å². The van der Waals surface area contributed by atoms with Crippen molar-refractivity contribution in [1.82, 2.24) is 0 Å². The number of carbonyl (C=O) groups excluding carboxylic acids is 2. The van der Waals surface area contributed by atoms with Crippen LogP contribution in [0.1, 0.15) is 71.6 Å². The molecule has 15 heteroatoms. The number of ether oxygens (including phenoxy) is 5. The number of aliphatic hydroxyl groups excluding tert-OH is 6. The maximum absolute atomic E-state index is 13.2. The fourth-order valence-corrected chi connectivity index (χ4v) is 11.2. The predicted octanol–water partition coefficient (Wildman–Crippen LogP) is -1.43. The van der Waals surface area contributed by atoms with Crippen LogP contribution >= 0.6 is 0 Å². The zero-order valence-electron chi connectivity index (χ0n) is 28.5. The summed E-state index contributed by atoms with van der Waals surface area (Å²) in [5, 5.41) is 87.3. The van der Waals surface area contributed by atoms with Gasteiger partial charge in [0, 0.05) is 17.9 Å². The molecule has 18 atom stereocenters. The highest BCUT2D eigenvalue weighted by atomic mass is 16.7. The van der Waals surface area contributed by atoms with Crippen LogP contribution in [0, 0.1) is 28.6 Å². The average molecular weight is 713 g/mol. The van der Waals surface area contributed by atoms with E-state index in [1.807, 2.05) is 0 Å². The minimum absolute atomic E-state index is 0.00614. The molecule has 3 aliphatic heterocycles. The highest BCUT2D eigenvalue weighted by Gasteiger charge is 2.71. The molecule has 0 aromatic rings. The Morgan fingerprint density at radius 2 is 1.58 bits per heavy atom. The molecule has 3 heterocycles.